The molecular formula is C16H24N2O. The van der Waals surface area contributed by atoms with Gasteiger partial charge in [-0.25, -0.2) is 0 Å². The van der Waals surface area contributed by atoms with Crippen LogP contribution < -0.4 is 5.73 Å². The van der Waals surface area contributed by atoms with E-state index in [1.165, 1.54) is 5.56 Å². The Morgan fingerprint density at radius 1 is 1.42 bits per heavy atom. The van der Waals surface area contributed by atoms with Gasteiger partial charge < -0.3 is 10.6 Å². The highest BCUT2D eigenvalue weighted by Gasteiger charge is 2.28. The standard InChI is InChI=1S/C16H24N2O/c1-13(12-17)10-16(19)18-9-5-8-15(18)11-14-6-3-2-4-7-14/h2-4,6-7,13,15H,5,8-12,17H2,1H3. The van der Waals surface area contributed by atoms with Gasteiger partial charge in [0.15, 0.2) is 0 Å². The third kappa shape index (κ3) is 3.80. The Labute approximate surface area is 115 Å². The molecule has 104 valence electrons. The van der Waals surface area contributed by atoms with Gasteiger partial charge >= 0.3 is 0 Å². The second-order valence-corrected chi connectivity index (χ2v) is 5.62. The summed E-state index contributed by atoms with van der Waals surface area (Å²) in [7, 11) is 0. The Hall–Kier alpha value is -1.35. The van der Waals surface area contributed by atoms with Gasteiger partial charge in [-0.15, -0.1) is 0 Å². The normalized spacial score (nSPS) is 20.5. The monoisotopic (exact) mass is 260 g/mol. The molecule has 1 aliphatic heterocycles. The summed E-state index contributed by atoms with van der Waals surface area (Å²) in [5, 5.41) is 0. The summed E-state index contributed by atoms with van der Waals surface area (Å²) in [6.07, 6.45) is 3.81. The Morgan fingerprint density at radius 2 is 2.16 bits per heavy atom. The minimum absolute atomic E-state index is 0.274. The summed E-state index contributed by atoms with van der Waals surface area (Å²) >= 11 is 0. The van der Waals surface area contributed by atoms with Crippen molar-refractivity contribution in [3.05, 3.63) is 35.9 Å². The molecule has 3 nitrogen and oxygen atoms in total. The number of rotatable bonds is 5. The molecule has 1 saturated heterocycles. The van der Waals surface area contributed by atoms with E-state index in [2.05, 4.69) is 29.2 Å². The van der Waals surface area contributed by atoms with E-state index in [1.54, 1.807) is 0 Å². The molecule has 0 aromatic heterocycles. The zero-order chi connectivity index (χ0) is 13.7. The van der Waals surface area contributed by atoms with Crippen molar-refractivity contribution >= 4 is 5.91 Å². The predicted molar refractivity (Wildman–Crippen MR) is 77.7 cm³/mol. The van der Waals surface area contributed by atoms with Gasteiger partial charge in [-0.3, -0.25) is 4.79 Å². The second kappa shape index (κ2) is 6.71. The van der Waals surface area contributed by atoms with E-state index in [1.807, 2.05) is 13.0 Å². The molecule has 1 fully saturated rings. The molecule has 0 bridgehead atoms. The van der Waals surface area contributed by atoms with Crippen molar-refractivity contribution < 1.29 is 4.79 Å². The molecule has 0 radical (unpaired) electrons. The quantitative estimate of drug-likeness (QED) is 0.882. The molecular weight excluding hydrogens is 236 g/mol. The Kier molecular flexibility index (Phi) is 4.97. The molecule has 0 spiro atoms. The molecule has 1 heterocycles. The fourth-order valence-corrected chi connectivity index (χ4v) is 2.76. The molecule has 3 heteroatoms. The molecule has 0 saturated carbocycles. The predicted octanol–water partition coefficient (Wildman–Crippen LogP) is 2.21. The topological polar surface area (TPSA) is 46.3 Å². The van der Waals surface area contributed by atoms with Gasteiger partial charge in [0.2, 0.25) is 5.91 Å². The SMILES string of the molecule is CC(CN)CC(=O)N1CCCC1Cc1ccccc1. The maximum atomic E-state index is 12.3. The van der Waals surface area contributed by atoms with E-state index in [0.29, 0.717) is 19.0 Å². The van der Waals surface area contributed by atoms with Gasteiger partial charge in [-0.05, 0) is 37.3 Å². The molecule has 1 aliphatic rings. The van der Waals surface area contributed by atoms with Crippen LogP contribution in [-0.2, 0) is 11.2 Å². The fourth-order valence-electron chi connectivity index (χ4n) is 2.76. The lowest BCUT2D eigenvalue weighted by atomic mass is 10.0. The molecule has 0 aliphatic carbocycles. The van der Waals surface area contributed by atoms with E-state index in [4.69, 9.17) is 5.73 Å². The number of nitrogens with zero attached hydrogens (tertiary/aromatic N) is 1. The first-order valence-electron chi connectivity index (χ1n) is 7.24. The summed E-state index contributed by atoms with van der Waals surface area (Å²) < 4.78 is 0. The number of likely N-dealkylation sites (tertiary alicyclic amines) is 1. The van der Waals surface area contributed by atoms with Crippen LogP contribution in [0.5, 0.6) is 0 Å². The number of amides is 1. The average Bonchev–Trinajstić information content (AvgIpc) is 2.88. The summed E-state index contributed by atoms with van der Waals surface area (Å²) in [6, 6.07) is 10.8. The molecule has 2 N–H and O–H groups in total. The largest absolute Gasteiger partial charge is 0.339 e. The maximum absolute atomic E-state index is 12.3. The van der Waals surface area contributed by atoms with Crippen LogP contribution in [0, 0.1) is 5.92 Å². The Morgan fingerprint density at radius 3 is 2.84 bits per heavy atom. The van der Waals surface area contributed by atoms with Crippen LogP contribution in [0.4, 0.5) is 0 Å². The van der Waals surface area contributed by atoms with Gasteiger partial charge in [0.25, 0.3) is 0 Å². The molecule has 2 atom stereocenters. The van der Waals surface area contributed by atoms with E-state index < -0.39 is 0 Å². The average molecular weight is 260 g/mol. The fraction of sp³-hybridized carbons (Fsp3) is 0.562. The summed E-state index contributed by atoms with van der Waals surface area (Å²) in [6.45, 7) is 3.54. The van der Waals surface area contributed by atoms with Gasteiger partial charge in [0.1, 0.15) is 0 Å². The minimum Gasteiger partial charge on any atom is -0.339 e. The highest BCUT2D eigenvalue weighted by atomic mass is 16.2. The molecule has 2 rings (SSSR count). The lowest BCUT2D eigenvalue weighted by molar-refractivity contribution is -0.132. The number of nitrogens with two attached hydrogens (primary N) is 1. The number of benzene rings is 1. The minimum atomic E-state index is 0.274. The first kappa shape index (κ1) is 14.1. The lowest BCUT2D eigenvalue weighted by Gasteiger charge is -2.26. The Bertz CT molecular complexity index is 404. The van der Waals surface area contributed by atoms with Gasteiger partial charge in [-0.2, -0.15) is 0 Å². The van der Waals surface area contributed by atoms with Gasteiger partial charge in [-0.1, -0.05) is 37.3 Å². The number of carbonyl (C=O) groups excluding carboxylic acids is 1. The van der Waals surface area contributed by atoms with E-state index in [9.17, 15) is 4.79 Å². The van der Waals surface area contributed by atoms with Gasteiger partial charge in [0.05, 0.1) is 0 Å². The van der Waals surface area contributed by atoms with Crippen molar-refractivity contribution in [2.75, 3.05) is 13.1 Å². The van der Waals surface area contributed by atoms with Crippen molar-refractivity contribution in [2.24, 2.45) is 11.7 Å². The van der Waals surface area contributed by atoms with Crippen molar-refractivity contribution in [2.45, 2.75) is 38.6 Å². The van der Waals surface area contributed by atoms with Gasteiger partial charge in [0, 0.05) is 19.0 Å². The molecule has 2 unspecified atom stereocenters. The van der Waals surface area contributed by atoms with Crippen molar-refractivity contribution in [3.63, 3.8) is 0 Å². The van der Waals surface area contributed by atoms with E-state index in [0.717, 1.165) is 25.8 Å². The van der Waals surface area contributed by atoms with Crippen molar-refractivity contribution in [3.8, 4) is 0 Å². The summed E-state index contributed by atoms with van der Waals surface area (Å²) in [5.41, 5.74) is 6.93. The summed E-state index contributed by atoms with van der Waals surface area (Å²) in [4.78, 5) is 14.4. The van der Waals surface area contributed by atoms with Crippen LogP contribution in [-0.4, -0.2) is 29.9 Å². The first-order valence-corrected chi connectivity index (χ1v) is 7.24. The molecule has 19 heavy (non-hydrogen) atoms. The van der Waals surface area contributed by atoms with Crippen molar-refractivity contribution in [1.29, 1.82) is 0 Å². The third-order valence-electron chi connectivity index (χ3n) is 3.94. The Balaban J connectivity index is 1.95. The molecule has 1 amide bonds. The maximum Gasteiger partial charge on any atom is 0.223 e. The molecule has 1 aromatic rings. The highest BCUT2D eigenvalue weighted by Crippen LogP contribution is 2.22. The number of carbonyl (C=O) groups is 1. The van der Waals surface area contributed by atoms with Crippen LogP contribution in [0.1, 0.15) is 31.7 Å². The second-order valence-electron chi connectivity index (χ2n) is 5.62. The molecule has 1 aromatic carbocycles. The zero-order valence-corrected chi connectivity index (χ0v) is 11.7. The van der Waals surface area contributed by atoms with E-state index >= 15 is 0 Å². The van der Waals surface area contributed by atoms with Crippen LogP contribution in [0.3, 0.4) is 0 Å². The highest BCUT2D eigenvalue weighted by molar-refractivity contribution is 5.77. The number of hydrogen-bond donors (Lipinski definition) is 1. The zero-order valence-electron chi connectivity index (χ0n) is 11.7. The third-order valence-corrected chi connectivity index (χ3v) is 3.94. The van der Waals surface area contributed by atoms with Crippen molar-refractivity contribution in [1.82, 2.24) is 4.90 Å². The number of hydrogen-bond acceptors (Lipinski definition) is 2. The van der Waals surface area contributed by atoms with Crippen LogP contribution in [0.25, 0.3) is 0 Å². The smallest absolute Gasteiger partial charge is 0.223 e. The van der Waals surface area contributed by atoms with E-state index in [-0.39, 0.29) is 11.8 Å². The first-order chi connectivity index (χ1) is 9.20. The van der Waals surface area contributed by atoms with Crippen LogP contribution >= 0.6 is 0 Å². The van der Waals surface area contributed by atoms with Crippen LogP contribution in [0.2, 0.25) is 0 Å². The lowest BCUT2D eigenvalue weighted by Crippen LogP contribution is -2.38. The summed E-state index contributed by atoms with van der Waals surface area (Å²) in [5.74, 6) is 0.557. The van der Waals surface area contributed by atoms with Crippen LogP contribution in [0.15, 0.2) is 30.3 Å².